The topological polar surface area (TPSA) is 77.1 Å². The Morgan fingerprint density at radius 3 is 2.65 bits per heavy atom. The van der Waals surface area contributed by atoms with E-state index in [0.717, 1.165) is 17.5 Å². The van der Waals surface area contributed by atoms with E-state index in [9.17, 15) is 9.59 Å². The average Bonchev–Trinajstić information content (AvgIpc) is 3.43. The Bertz CT molecular complexity index is 943. The van der Waals surface area contributed by atoms with Gasteiger partial charge in [-0.3, -0.25) is 9.59 Å². The summed E-state index contributed by atoms with van der Waals surface area (Å²) in [6, 6.07) is 13.4. The quantitative estimate of drug-likeness (QED) is 0.692. The van der Waals surface area contributed by atoms with Crippen LogP contribution in [0.5, 0.6) is 11.5 Å². The van der Waals surface area contributed by atoms with Crippen LogP contribution >= 0.6 is 0 Å². The number of fused-ring (bicyclic) bond motifs is 1. The van der Waals surface area contributed by atoms with Gasteiger partial charge < -0.3 is 24.4 Å². The van der Waals surface area contributed by atoms with E-state index in [0.29, 0.717) is 43.3 Å². The Hall–Kier alpha value is -3.06. The van der Waals surface area contributed by atoms with Crippen LogP contribution in [-0.2, 0) is 9.53 Å². The van der Waals surface area contributed by atoms with Crippen molar-refractivity contribution in [2.75, 3.05) is 40.1 Å². The van der Waals surface area contributed by atoms with Crippen molar-refractivity contribution in [3.63, 3.8) is 0 Å². The Balaban J connectivity index is 1.52. The van der Waals surface area contributed by atoms with Crippen LogP contribution in [0.1, 0.15) is 33.8 Å². The molecule has 164 valence electrons. The zero-order chi connectivity index (χ0) is 21.8. The number of amides is 2. The largest absolute Gasteiger partial charge is 0.454 e. The van der Waals surface area contributed by atoms with E-state index in [1.807, 2.05) is 19.1 Å². The molecule has 0 saturated carbocycles. The molecule has 0 spiro atoms. The normalized spacial score (nSPS) is 19.5. The van der Waals surface area contributed by atoms with E-state index >= 15 is 0 Å². The van der Waals surface area contributed by atoms with Crippen molar-refractivity contribution in [1.29, 1.82) is 0 Å². The summed E-state index contributed by atoms with van der Waals surface area (Å²) in [6.45, 7) is 4.22. The number of hydrogen-bond donors (Lipinski definition) is 1. The molecule has 7 nitrogen and oxygen atoms in total. The molecule has 31 heavy (non-hydrogen) atoms. The summed E-state index contributed by atoms with van der Waals surface area (Å²) in [7, 11) is 1.64. The maximum atomic E-state index is 13.2. The molecule has 2 aromatic rings. The highest BCUT2D eigenvalue weighted by Gasteiger charge is 2.40. The van der Waals surface area contributed by atoms with Gasteiger partial charge in [0.05, 0.1) is 5.92 Å². The highest BCUT2D eigenvalue weighted by atomic mass is 16.7. The number of hydrogen-bond acceptors (Lipinski definition) is 5. The van der Waals surface area contributed by atoms with Crippen LogP contribution in [0, 0.1) is 12.8 Å². The van der Waals surface area contributed by atoms with Crippen molar-refractivity contribution in [3.05, 3.63) is 59.2 Å². The van der Waals surface area contributed by atoms with Gasteiger partial charge in [-0.15, -0.1) is 0 Å². The third-order valence-electron chi connectivity index (χ3n) is 5.89. The molecule has 1 N–H and O–H groups in total. The molecule has 2 aliphatic heterocycles. The first-order chi connectivity index (χ1) is 15.1. The number of nitrogens with one attached hydrogen (secondary N) is 1. The van der Waals surface area contributed by atoms with Gasteiger partial charge in [0.15, 0.2) is 11.5 Å². The minimum absolute atomic E-state index is 0.0253. The zero-order valence-electron chi connectivity index (χ0n) is 17.9. The lowest BCUT2D eigenvalue weighted by Gasteiger charge is -2.18. The summed E-state index contributed by atoms with van der Waals surface area (Å²) < 4.78 is 15.8. The fourth-order valence-corrected chi connectivity index (χ4v) is 4.16. The molecule has 1 saturated heterocycles. The molecule has 1 fully saturated rings. The summed E-state index contributed by atoms with van der Waals surface area (Å²) >= 11 is 0. The maximum absolute atomic E-state index is 13.2. The molecule has 7 heteroatoms. The standard InChI is InChI=1S/C24H28N2O5/c1-16-4-6-17(7-5-16)19-13-26(14-20(19)23(27)25-10-3-11-29-2)24(28)18-8-9-21-22(12-18)31-15-30-21/h4-9,12,19-20H,3,10-11,13-15H2,1-2H3,(H,25,27)/t19-,20+/m0/s1. The van der Waals surface area contributed by atoms with Gasteiger partial charge in [-0.1, -0.05) is 29.8 Å². The SMILES string of the molecule is COCCCNC(=O)[C@@H]1CN(C(=O)c2ccc3c(c2)OCO3)C[C@H]1c1ccc(C)cc1. The number of nitrogens with zero attached hydrogens (tertiary/aromatic N) is 1. The first-order valence-electron chi connectivity index (χ1n) is 10.6. The second kappa shape index (κ2) is 9.39. The number of rotatable bonds is 7. The van der Waals surface area contributed by atoms with Crippen LogP contribution in [0.4, 0.5) is 0 Å². The van der Waals surface area contributed by atoms with Crippen LogP contribution in [0.3, 0.4) is 0 Å². The summed E-state index contributed by atoms with van der Waals surface area (Å²) in [6.07, 6.45) is 0.754. The van der Waals surface area contributed by atoms with Crippen molar-refractivity contribution in [3.8, 4) is 11.5 Å². The number of ether oxygens (including phenoxy) is 3. The van der Waals surface area contributed by atoms with E-state index in [1.54, 1.807) is 30.2 Å². The molecule has 2 aliphatic rings. The molecule has 4 rings (SSSR count). The Morgan fingerprint density at radius 1 is 1.10 bits per heavy atom. The molecular formula is C24H28N2O5. The first-order valence-corrected chi connectivity index (χ1v) is 10.6. The van der Waals surface area contributed by atoms with Gasteiger partial charge in [-0.25, -0.2) is 0 Å². The lowest BCUT2D eigenvalue weighted by Crippen LogP contribution is -2.36. The molecular weight excluding hydrogens is 396 g/mol. The third kappa shape index (κ3) is 4.66. The summed E-state index contributed by atoms with van der Waals surface area (Å²) in [5.74, 6) is 0.730. The monoisotopic (exact) mass is 424 g/mol. The van der Waals surface area contributed by atoms with Gasteiger partial charge in [-0.05, 0) is 37.1 Å². The fraction of sp³-hybridized carbons (Fsp3) is 0.417. The Kier molecular flexibility index (Phi) is 6.42. The highest BCUT2D eigenvalue weighted by molar-refractivity contribution is 5.96. The number of likely N-dealkylation sites (tertiary alicyclic amines) is 1. The second-order valence-electron chi connectivity index (χ2n) is 8.04. The van der Waals surface area contributed by atoms with Gasteiger partial charge in [0.2, 0.25) is 12.7 Å². The molecule has 0 aromatic heterocycles. The molecule has 0 aliphatic carbocycles. The number of benzene rings is 2. The number of carbonyl (C=O) groups is 2. The summed E-state index contributed by atoms with van der Waals surface area (Å²) in [4.78, 5) is 28.0. The van der Waals surface area contributed by atoms with Gasteiger partial charge >= 0.3 is 0 Å². The third-order valence-corrected chi connectivity index (χ3v) is 5.89. The fourth-order valence-electron chi connectivity index (χ4n) is 4.16. The van der Waals surface area contributed by atoms with Crippen LogP contribution in [-0.4, -0.2) is 56.9 Å². The number of methoxy groups -OCH3 is 1. The molecule has 2 heterocycles. The number of aryl methyl sites for hydroxylation is 1. The second-order valence-corrected chi connectivity index (χ2v) is 8.04. The molecule has 2 amide bonds. The lowest BCUT2D eigenvalue weighted by molar-refractivity contribution is -0.124. The van der Waals surface area contributed by atoms with Gasteiger partial charge in [0.1, 0.15) is 0 Å². The van der Waals surface area contributed by atoms with E-state index in [-0.39, 0.29) is 30.4 Å². The molecule has 2 aromatic carbocycles. The average molecular weight is 424 g/mol. The first kappa shape index (κ1) is 21.2. The van der Waals surface area contributed by atoms with Crippen LogP contribution in [0.25, 0.3) is 0 Å². The van der Waals surface area contributed by atoms with Crippen LogP contribution in [0.2, 0.25) is 0 Å². The van der Waals surface area contributed by atoms with E-state index < -0.39 is 0 Å². The van der Waals surface area contributed by atoms with E-state index in [2.05, 4.69) is 17.4 Å². The van der Waals surface area contributed by atoms with Crippen molar-refractivity contribution >= 4 is 11.8 Å². The highest BCUT2D eigenvalue weighted by Crippen LogP contribution is 2.36. The van der Waals surface area contributed by atoms with Crippen LogP contribution in [0.15, 0.2) is 42.5 Å². The van der Waals surface area contributed by atoms with Gasteiger partial charge in [0, 0.05) is 44.8 Å². The maximum Gasteiger partial charge on any atom is 0.254 e. The Morgan fingerprint density at radius 2 is 1.87 bits per heavy atom. The van der Waals surface area contributed by atoms with Gasteiger partial charge in [0.25, 0.3) is 5.91 Å². The summed E-state index contributed by atoms with van der Waals surface area (Å²) in [5, 5.41) is 3.01. The minimum atomic E-state index is -0.303. The lowest BCUT2D eigenvalue weighted by atomic mass is 9.88. The molecule has 0 unspecified atom stereocenters. The predicted molar refractivity (Wildman–Crippen MR) is 115 cm³/mol. The molecule has 2 atom stereocenters. The van der Waals surface area contributed by atoms with Crippen molar-refractivity contribution in [1.82, 2.24) is 10.2 Å². The molecule has 0 radical (unpaired) electrons. The molecule has 0 bridgehead atoms. The smallest absolute Gasteiger partial charge is 0.254 e. The summed E-state index contributed by atoms with van der Waals surface area (Å²) in [5.41, 5.74) is 2.77. The minimum Gasteiger partial charge on any atom is -0.454 e. The van der Waals surface area contributed by atoms with Crippen LogP contribution < -0.4 is 14.8 Å². The van der Waals surface area contributed by atoms with Crippen molar-refractivity contribution in [2.45, 2.75) is 19.3 Å². The predicted octanol–water partition coefficient (Wildman–Crippen LogP) is 2.73. The van der Waals surface area contributed by atoms with E-state index in [1.165, 1.54) is 0 Å². The Labute approximate surface area is 182 Å². The van der Waals surface area contributed by atoms with E-state index in [4.69, 9.17) is 14.2 Å². The van der Waals surface area contributed by atoms with Crippen molar-refractivity contribution < 1.29 is 23.8 Å². The number of carbonyl (C=O) groups excluding carboxylic acids is 2. The van der Waals surface area contributed by atoms with Gasteiger partial charge in [-0.2, -0.15) is 0 Å². The van der Waals surface area contributed by atoms with Crippen molar-refractivity contribution in [2.24, 2.45) is 5.92 Å². The zero-order valence-corrected chi connectivity index (χ0v) is 17.9.